The first kappa shape index (κ1) is 19.5. The van der Waals surface area contributed by atoms with Crippen LogP contribution in [0.2, 0.25) is 0 Å². The zero-order valence-corrected chi connectivity index (χ0v) is 17.7. The summed E-state index contributed by atoms with van der Waals surface area (Å²) >= 11 is 0. The quantitative estimate of drug-likeness (QED) is 0.412. The molecule has 1 N–H and O–H groups in total. The molecule has 1 heterocycles. The maximum atomic E-state index is 14.5. The van der Waals surface area contributed by atoms with E-state index in [4.69, 9.17) is 0 Å². The highest BCUT2D eigenvalue weighted by Gasteiger charge is 2.48. The molecule has 2 fully saturated rings. The predicted molar refractivity (Wildman–Crippen MR) is 122 cm³/mol. The number of nitrogens with one attached hydrogen (secondary N) is 1. The van der Waals surface area contributed by atoms with Gasteiger partial charge in [-0.05, 0) is 83.8 Å². The van der Waals surface area contributed by atoms with Crippen molar-refractivity contribution < 1.29 is 13.6 Å². The molecule has 5 heteroatoms. The monoisotopic (exact) mass is 430 g/mol. The molecule has 0 saturated heterocycles. The van der Waals surface area contributed by atoms with E-state index in [-0.39, 0.29) is 23.6 Å². The molecular weight excluding hydrogens is 406 g/mol. The molecule has 1 amide bonds. The smallest absolute Gasteiger partial charge is 0.253 e. The van der Waals surface area contributed by atoms with Gasteiger partial charge in [-0.1, -0.05) is 24.6 Å². The Morgan fingerprint density at radius 1 is 1.00 bits per heavy atom. The average molecular weight is 430 g/mol. The van der Waals surface area contributed by atoms with Crippen LogP contribution >= 0.6 is 0 Å². The summed E-state index contributed by atoms with van der Waals surface area (Å²) < 4.78 is 29.9. The minimum absolute atomic E-state index is 0.136. The van der Waals surface area contributed by atoms with Crippen LogP contribution in [-0.2, 0) is 6.54 Å². The van der Waals surface area contributed by atoms with Gasteiger partial charge in [0.1, 0.15) is 11.6 Å². The van der Waals surface area contributed by atoms with Crippen LogP contribution < -0.4 is 5.32 Å². The summed E-state index contributed by atoms with van der Waals surface area (Å²) in [4.78, 5) is 13.1. The first-order valence-electron chi connectivity index (χ1n) is 11.3. The fourth-order valence-corrected chi connectivity index (χ4v) is 5.60. The molecule has 1 aromatic heterocycles. The predicted octanol–water partition coefficient (Wildman–Crippen LogP) is 6.18. The maximum Gasteiger partial charge on any atom is 0.253 e. The first-order valence-corrected chi connectivity index (χ1v) is 11.3. The van der Waals surface area contributed by atoms with Gasteiger partial charge in [0.25, 0.3) is 5.91 Å². The fourth-order valence-electron chi connectivity index (χ4n) is 5.60. The molecule has 2 aliphatic rings. The van der Waals surface area contributed by atoms with Gasteiger partial charge in [0, 0.05) is 24.2 Å². The number of rotatable bonds is 4. The van der Waals surface area contributed by atoms with Gasteiger partial charge < -0.3 is 9.88 Å². The van der Waals surface area contributed by atoms with Crippen molar-refractivity contribution in [3.05, 3.63) is 83.6 Å². The summed E-state index contributed by atoms with van der Waals surface area (Å²) in [6, 6.07) is 15.5. The highest BCUT2D eigenvalue weighted by Crippen LogP contribution is 2.55. The number of carbonyl (C=O) groups excluding carboxylic acids is 1. The van der Waals surface area contributed by atoms with Gasteiger partial charge in [-0.15, -0.1) is 0 Å². The molecule has 0 bridgehead atoms. The highest BCUT2D eigenvalue weighted by molar-refractivity contribution is 6.06. The Morgan fingerprint density at radius 3 is 2.56 bits per heavy atom. The average Bonchev–Trinajstić information content (AvgIpc) is 3.14. The molecule has 0 aliphatic heterocycles. The van der Waals surface area contributed by atoms with Gasteiger partial charge >= 0.3 is 0 Å². The molecule has 4 aromatic rings. The second-order valence-electron chi connectivity index (χ2n) is 9.56. The lowest BCUT2D eigenvalue weighted by Crippen LogP contribution is -2.53. The van der Waals surface area contributed by atoms with Crippen LogP contribution in [0.25, 0.3) is 21.7 Å². The number of aromatic nitrogens is 1. The van der Waals surface area contributed by atoms with Crippen molar-refractivity contribution in [2.24, 2.45) is 5.41 Å². The van der Waals surface area contributed by atoms with Crippen molar-refractivity contribution in [3.63, 3.8) is 0 Å². The molecule has 32 heavy (non-hydrogen) atoms. The van der Waals surface area contributed by atoms with Crippen LogP contribution in [0.15, 0.2) is 60.8 Å². The van der Waals surface area contributed by atoms with E-state index >= 15 is 0 Å². The molecule has 0 unspecified atom stereocenters. The van der Waals surface area contributed by atoms with Gasteiger partial charge in [0.15, 0.2) is 0 Å². The topological polar surface area (TPSA) is 34.0 Å². The first-order chi connectivity index (χ1) is 15.5. The van der Waals surface area contributed by atoms with Gasteiger partial charge in [0.05, 0.1) is 11.1 Å². The minimum atomic E-state index is -0.332. The third-order valence-electron chi connectivity index (χ3n) is 7.44. The Balaban J connectivity index is 1.31. The van der Waals surface area contributed by atoms with Crippen molar-refractivity contribution in [2.75, 3.05) is 0 Å². The zero-order valence-electron chi connectivity index (χ0n) is 17.7. The Morgan fingerprint density at radius 2 is 1.78 bits per heavy atom. The number of hydrogen-bond donors (Lipinski definition) is 1. The number of nitrogens with zero attached hydrogens (tertiary/aromatic N) is 1. The van der Waals surface area contributed by atoms with E-state index in [2.05, 4.69) is 5.32 Å². The molecule has 6 rings (SSSR count). The summed E-state index contributed by atoms with van der Waals surface area (Å²) in [5, 5.41) is 5.40. The van der Waals surface area contributed by atoms with E-state index in [1.54, 1.807) is 18.2 Å². The van der Waals surface area contributed by atoms with Gasteiger partial charge in [0.2, 0.25) is 0 Å². The SMILES string of the molecule is O=C(NC1CC2(CCC2)C1)c1ccc(F)c2ccn(Cc3ccc4cc(F)ccc4c3)c12. The second-order valence-corrected chi connectivity index (χ2v) is 9.56. The third-order valence-corrected chi connectivity index (χ3v) is 7.44. The lowest BCUT2D eigenvalue weighted by atomic mass is 9.54. The molecule has 3 aromatic carbocycles. The number of benzene rings is 3. The Labute approximate surface area is 185 Å². The zero-order chi connectivity index (χ0) is 21.9. The van der Waals surface area contributed by atoms with E-state index in [1.807, 2.05) is 29.0 Å². The second kappa shape index (κ2) is 7.16. The normalized spacial score (nSPS) is 17.4. The standard InChI is InChI=1S/C27H24F2N2O/c28-20-5-4-18-12-17(2-3-19(18)13-20)16-31-11-8-22-24(29)7-6-23(25(22)31)26(32)30-21-14-27(15-21)9-1-10-27/h2-8,11-13,21H,1,9-10,14-16H2,(H,30,32). The molecule has 2 aliphatic carbocycles. The van der Waals surface area contributed by atoms with Crippen LogP contribution in [0.3, 0.4) is 0 Å². The molecule has 0 atom stereocenters. The summed E-state index contributed by atoms with van der Waals surface area (Å²) in [6.07, 6.45) is 7.80. The Bertz CT molecular complexity index is 1360. The van der Waals surface area contributed by atoms with Crippen LogP contribution in [0.1, 0.15) is 48.0 Å². The lowest BCUT2D eigenvalue weighted by Gasteiger charge is -2.54. The van der Waals surface area contributed by atoms with Crippen molar-refractivity contribution >= 4 is 27.6 Å². The Hall–Kier alpha value is -3.21. The third kappa shape index (κ3) is 3.19. The molecule has 162 valence electrons. The van der Waals surface area contributed by atoms with Crippen LogP contribution in [0.4, 0.5) is 8.78 Å². The van der Waals surface area contributed by atoms with E-state index in [0.29, 0.717) is 28.4 Å². The number of fused-ring (bicyclic) bond motifs is 2. The summed E-state index contributed by atoms with van der Waals surface area (Å²) in [5.41, 5.74) is 2.60. The molecule has 1 spiro atoms. The van der Waals surface area contributed by atoms with E-state index in [1.165, 1.54) is 37.5 Å². The van der Waals surface area contributed by atoms with Gasteiger partial charge in [-0.25, -0.2) is 8.78 Å². The van der Waals surface area contributed by atoms with Crippen molar-refractivity contribution in [1.29, 1.82) is 0 Å². The van der Waals surface area contributed by atoms with Crippen molar-refractivity contribution in [3.8, 4) is 0 Å². The lowest BCUT2D eigenvalue weighted by molar-refractivity contribution is -0.000603. The number of halogens is 2. The number of carbonyl (C=O) groups is 1. The summed E-state index contributed by atoms with van der Waals surface area (Å²) in [6.45, 7) is 0.493. The minimum Gasteiger partial charge on any atom is -0.349 e. The molecule has 3 nitrogen and oxygen atoms in total. The number of hydrogen-bond acceptors (Lipinski definition) is 1. The number of amides is 1. The molecule has 2 saturated carbocycles. The van der Waals surface area contributed by atoms with Gasteiger partial charge in [-0.2, -0.15) is 0 Å². The van der Waals surface area contributed by atoms with Crippen LogP contribution in [0, 0.1) is 17.0 Å². The van der Waals surface area contributed by atoms with Crippen LogP contribution in [-0.4, -0.2) is 16.5 Å². The van der Waals surface area contributed by atoms with Crippen LogP contribution in [0.5, 0.6) is 0 Å². The van der Waals surface area contributed by atoms with Crippen molar-refractivity contribution in [1.82, 2.24) is 9.88 Å². The summed E-state index contributed by atoms with van der Waals surface area (Å²) in [7, 11) is 0. The molecule has 0 radical (unpaired) electrons. The summed E-state index contributed by atoms with van der Waals surface area (Å²) in [5.74, 6) is -0.730. The highest BCUT2D eigenvalue weighted by atomic mass is 19.1. The van der Waals surface area contributed by atoms with Crippen molar-refractivity contribution in [2.45, 2.75) is 44.7 Å². The van der Waals surface area contributed by atoms with E-state index < -0.39 is 0 Å². The maximum absolute atomic E-state index is 14.5. The van der Waals surface area contributed by atoms with E-state index in [9.17, 15) is 13.6 Å². The molecular formula is C27H24F2N2O. The van der Waals surface area contributed by atoms with Gasteiger partial charge in [-0.3, -0.25) is 4.79 Å². The Kier molecular flexibility index (Phi) is 4.36. The fraction of sp³-hybridized carbons (Fsp3) is 0.296. The largest absolute Gasteiger partial charge is 0.349 e. The van der Waals surface area contributed by atoms with E-state index in [0.717, 1.165) is 29.2 Å².